The second kappa shape index (κ2) is 3.73. The van der Waals surface area contributed by atoms with Crippen LogP contribution in [-0.2, 0) is 6.54 Å². The van der Waals surface area contributed by atoms with E-state index in [1.165, 1.54) is 12.8 Å². The third-order valence-electron chi connectivity index (χ3n) is 2.99. The molecule has 2 heterocycles. The lowest BCUT2D eigenvalue weighted by Crippen LogP contribution is -2.31. The predicted molar refractivity (Wildman–Crippen MR) is 57.0 cm³/mol. The minimum Gasteiger partial charge on any atom is -0.312 e. The molecule has 0 spiro atoms. The smallest absolute Gasteiger partial charge is 0.0489 e. The molecule has 1 fully saturated rings. The first-order valence-corrected chi connectivity index (χ1v) is 5.38. The van der Waals surface area contributed by atoms with Gasteiger partial charge in [0.1, 0.15) is 0 Å². The highest BCUT2D eigenvalue weighted by Gasteiger charge is 2.29. The highest BCUT2D eigenvalue weighted by Crippen LogP contribution is 2.25. The standard InChI is InChI=1S/C11H19N3/c1-11(2)8-10(9-12-11)4-7-14-6-3-5-13-14/h3,5-6,10,12H,4,7-9H2,1-2H3. The Balaban J connectivity index is 1.78. The van der Waals surface area contributed by atoms with E-state index in [-0.39, 0.29) is 0 Å². The van der Waals surface area contributed by atoms with Crippen LogP contribution in [0.5, 0.6) is 0 Å². The molecule has 1 aromatic heterocycles. The highest BCUT2D eigenvalue weighted by atomic mass is 15.3. The summed E-state index contributed by atoms with van der Waals surface area (Å²) in [7, 11) is 0. The van der Waals surface area contributed by atoms with Gasteiger partial charge in [-0.1, -0.05) is 0 Å². The number of aryl methyl sites for hydroxylation is 1. The summed E-state index contributed by atoms with van der Waals surface area (Å²) in [6, 6.07) is 1.98. The number of nitrogens with zero attached hydrogens (tertiary/aromatic N) is 2. The van der Waals surface area contributed by atoms with E-state index >= 15 is 0 Å². The Hall–Kier alpha value is -0.830. The Morgan fingerprint density at radius 2 is 2.43 bits per heavy atom. The van der Waals surface area contributed by atoms with Crippen molar-refractivity contribution >= 4 is 0 Å². The normalized spacial score (nSPS) is 25.4. The maximum atomic E-state index is 4.21. The third-order valence-corrected chi connectivity index (χ3v) is 2.99. The van der Waals surface area contributed by atoms with Crippen LogP contribution in [0, 0.1) is 5.92 Å². The molecule has 0 amide bonds. The fraction of sp³-hybridized carbons (Fsp3) is 0.727. The van der Waals surface area contributed by atoms with Crippen LogP contribution in [0.2, 0.25) is 0 Å². The van der Waals surface area contributed by atoms with E-state index in [1.807, 2.05) is 23.1 Å². The summed E-state index contributed by atoms with van der Waals surface area (Å²) in [6.07, 6.45) is 6.40. The van der Waals surface area contributed by atoms with Gasteiger partial charge < -0.3 is 5.32 Å². The van der Waals surface area contributed by atoms with Crippen molar-refractivity contribution in [3.8, 4) is 0 Å². The van der Waals surface area contributed by atoms with Crippen molar-refractivity contribution in [2.24, 2.45) is 5.92 Å². The molecular weight excluding hydrogens is 174 g/mol. The fourth-order valence-corrected chi connectivity index (χ4v) is 2.24. The van der Waals surface area contributed by atoms with Gasteiger partial charge in [0.05, 0.1) is 0 Å². The van der Waals surface area contributed by atoms with Gasteiger partial charge >= 0.3 is 0 Å². The van der Waals surface area contributed by atoms with Gasteiger partial charge in [0.2, 0.25) is 0 Å². The number of hydrogen-bond acceptors (Lipinski definition) is 2. The highest BCUT2D eigenvalue weighted by molar-refractivity contribution is 4.89. The Labute approximate surface area is 85.5 Å². The van der Waals surface area contributed by atoms with Crippen molar-refractivity contribution in [1.82, 2.24) is 15.1 Å². The molecule has 1 aliphatic rings. The zero-order valence-corrected chi connectivity index (χ0v) is 9.03. The fourth-order valence-electron chi connectivity index (χ4n) is 2.24. The quantitative estimate of drug-likeness (QED) is 0.791. The summed E-state index contributed by atoms with van der Waals surface area (Å²) in [5, 5.41) is 7.76. The van der Waals surface area contributed by atoms with Crippen molar-refractivity contribution in [2.75, 3.05) is 6.54 Å². The second-order valence-corrected chi connectivity index (χ2v) is 4.89. The van der Waals surface area contributed by atoms with Crippen LogP contribution in [0.25, 0.3) is 0 Å². The first-order chi connectivity index (χ1) is 6.66. The lowest BCUT2D eigenvalue weighted by atomic mass is 9.95. The summed E-state index contributed by atoms with van der Waals surface area (Å²) < 4.78 is 2.02. The van der Waals surface area contributed by atoms with Crippen molar-refractivity contribution in [3.05, 3.63) is 18.5 Å². The minimum atomic E-state index is 0.342. The maximum Gasteiger partial charge on any atom is 0.0489 e. The van der Waals surface area contributed by atoms with Crippen molar-refractivity contribution < 1.29 is 0 Å². The summed E-state index contributed by atoms with van der Waals surface area (Å²) in [6.45, 7) is 6.77. The molecule has 1 aromatic rings. The van der Waals surface area contributed by atoms with E-state index in [1.54, 1.807) is 0 Å². The van der Waals surface area contributed by atoms with E-state index in [9.17, 15) is 0 Å². The van der Waals surface area contributed by atoms with Gasteiger partial charge in [-0.25, -0.2) is 0 Å². The predicted octanol–water partition coefficient (Wildman–Crippen LogP) is 1.66. The molecule has 3 nitrogen and oxygen atoms in total. The van der Waals surface area contributed by atoms with Crippen LogP contribution in [0.1, 0.15) is 26.7 Å². The van der Waals surface area contributed by atoms with Crippen LogP contribution in [0.3, 0.4) is 0 Å². The molecule has 0 radical (unpaired) electrons. The molecule has 1 saturated heterocycles. The van der Waals surface area contributed by atoms with Gasteiger partial charge in [0.15, 0.2) is 0 Å². The molecule has 1 unspecified atom stereocenters. The molecule has 0 aromatic carbocycles. The topological polar surface area (TPSA) is 29.9 Å². The molecule has 14 heavy (non-hydrogen) atoms. The Morgan fingerprint density at radius 3 is 3.00 bits per heavy atom. The summed E-state index contributed by atoms with van der Waals surface area (Å²) in [5.41, 5.74) is 0.342. The lowest BCUT2D eigenvalue weighted by Gasteiger charge is -2.17. The monoisotopic (exact) mass is 193 g/mol. The van der Waals surface area contributed by atoms with Crippen molar-refractivity contribution in [1.29, 1.82) is 0 Å². The second-order valence-electron chi connectivity index (χ2n) is 4.89. The van der Waals surface area contributed by atoms with Gasteiger partial charge in [0, 0.05) is 24.5 Å². The first kappa shape index (κ1) is 9.71. The van der Waals surface area contributed by atoms with Crippen LogP contribution in [-0.4, -0.2) is 21.9 Å². The SMILES string of the molecule is CC1(C)CC(CCn2cccn2)CN1. The average molecular weight is 193 g/mol. The van der Waals surface area contributed by atoms with Gasteiger partial charge in [-0.15, -0.1) is 0 Å². The molecule has 1 N–H and O–H groups in total. The van der Waals surface area contributed by atoms with Crippen LogP contribution in [0.15, 0.2) is 18.5 Å². The third kappa shape index (κ3) is 2.35. The number of nitrogens with one attached hydrogen (secondary N) is 1. The molecule has 0 aliphatic carbocycles. The van der Waals surface area contributed by atoms with E-state index in [4.69, 9.17) is 0 Å². The molecule has 2 rings (SSSR count). The zero-order chi connectivity index (χ0) is 10.0. The summed E-state index contributed by atoms with van der Waals surface area (Å²) in [4.78, 5) is 0. The molecule has 1 atom stereocenters. The van der Waals surface area contributed by atoms with E-state index in [0.29, 0.717) is 5.54 Å². The molecular formula is C11H19N3. The summed E-state index contributed by atoms with van der Waals surface area (Å²) >= 11 is 0. The average Bonchev–Trinajstić information content (AvgIpc) is 2.70. The molecule has 0 bridgehead atoms. The van der Waals surface area contributed by atoms with E-state index in [2.05, 4.69) is 24.3 Å². The Morgan fingerprint density at radius 1 is 1.57 bits per heavy atom. The Bertz CT molecular complexity index is 277. The van der Waals surface area contributed by atoms with Crippen LogP contribution in [0.4, 0.5) is 0 Å². The maximum absolute atomic E-state index is 4.21. The van der Waals surface area contributed by atoms with Crippen molar-refractivity contribution in [3.63, 3.8) is 0 Å². The van der Waals surface area contributed by atoms with Crippen molar-refractivity contribution in [2.45, 2.75) is 38.8 Å². The van der Waals surface area contributed by atoms with E-state index < -0.39 is 0 Å². The van der Waals surface area contributed by atoms with E-state index in [0.717, 1.165) is 19.0 Å². The van der Waals surface area contributed by atoms with Gasteiger partial charge in [-0.2, -0.15) is 5.10 Å². The molecule has 0 saturated carbocycles. The number of aromatic nitrogens is 2. The lowest BCUT2D eigenvalue weighted by molar-refractivity contribution is 0.412. The van der Waals surface area contributed by atoms with Gasteiger partial charge in [-0.3, -0.25) is 4.68 Å². The van der Waals surface area contributed by atoms with Gasteiger partial charge in [-0.05, 0) is 45.2 Å². The molecule has 3 heteroatoms. The molecule has 78 valence electrons. The summed E-state index contributed by atoms with van der Waals surface area (Å²) in [5.74, 6) is 0.814. The Kier molecular flexibility index (Phi) is 2.59. The number of hydrogen-bond donors (Lipinski definition) is 1. The van der Waals surface area contributed by atoms with Crippen LogP contribution >= 0.6 is 0 Å². The largest absolute Gasteiger partial charge is 0.312 e. The zero-order valence-electron chi connectivity index (χ0n) is 9.03. The first-order valence-electron chi connectivity index (χ1n) is 5.38. The minimum absolute atomic E-state index is 0.342. The van der Waals surface area contributed by atoms with Gasteiger partial charge in [0.25, 0.3) is 0 Å². The molecule has 1 aliphatic heterocycles. The number of rotatable bonds is 3. The van der Waals surface area contributed by atoms with Crippen LogP contribution < -0.4 is 5.32 Å².